The third kappa shape index (κ3) is 4.59. The highest BCUT2D eigenvalue weighted by atomic mass is 19.1. The number of rotatable bonds is 5. The summed E-state index contributed by atoms with van der Waals surface area (Å²) in [5.74, 6) is -2.73. The van der Waals surface area contributed by atoms with Crippen molar-refractivity contribution in [2.45, 2.75) is 44.9 Å². The summed E-state index contributed by atoms with van der Waals surface area (Å²) in [5.41, 5.74) is 0.192. The summed E-state index contributed by atoms with van der Waals surface area (Å²) < 4.78 is 64.2. The van der Waals surface area contributed by atoms with Crippen LogP contribution in [0.25, 0.3) is 17.0 Å². The van der Waals surface area contributed by atoms with Crippen molar-refractivity contribution >= 4 is 22.9 Å². The molecule has 1 aliphatic rings. The number of nitrogens with zero attached hydrogens (tertiary/aromatic N) is 1. The monoisotopic (exact) mass is 474 g/mol. The van der Waals surface area contributed by atoms with Crippen LogP contribution in [0.15, 0.2) is 36.4 Å². The Kier molecular flexibility index (Phi) is 6.29. The summed E-state index contributed by atoms with van der Waals surface area (Å²) in [6, 6.07) is 5.32. The zero-order chi connectivity index (χ0) is 24.8. The van der Waals surface area contributed by atoms with Gasteiger partial charge in [0, 0.05) is 40.8 Å². The lowest BCUT2D eigenvalue weighted by Crippen LogP contribution is -2.48. The Bertz CT molecular complexity index is 1250. The number of H-pyrrole nitrogens is 1. The molecule has 2 atom stereocenters. The summed E-state index contributed by atoms with van der Waals surface area (Å²) in [6.45, 7) is 4.63. The van der Waals surface area contributed by atoms with Crippen molar-refractivity contribution < 1.29 is 27.1 Å². The van der Waals surface area contributed by atoms with Gasteiger partial charge in [-0.15, -0.1) is 0 Å². The molecule has 0 aliphatic carbocycles. The Labute approximate surface area is 195 Å². The van der Waals surface area contributed by atoms with E-state index >= 15 is 8.78 Å². The minimum Gasteiger partial charge on any atom is -0.466 e. The van der Waals surface area contributed by atoms with Crippen molar-refractivity contribution in [3.8, 4) is 0 Å². The predicted molar refractivity (Wildman–Crippen MR) is 123 cm³/mol. The van der Waals surface area contributed by atoms with Gasteiger partial charge in [-0.25, -0.2) is 22.4 Å². The molecule has 0 bridgehead atoms. The van der Waals surface area contributed by atoms with Gasteiger partial charge >= 0.3 is 5.97 Å². The van der Waals surface area contributed by atoms with E-state index in [1.807, 2.05) is 6.92 Å². The molecule has 180 valence electrons. The Morgan fingerprint density at radius 2 is 1.88 bits per heavy atom. The second-order valence-corrected chi connectivity index (χ2v) is 9.31. The van der Waals surface area contributed by atoms with Crippen LogP contribution in [-0.4, -0.2) is 41.2 Å². The van der Waals surface area contributed by atoms with E-state index in [4.69, 9.17) is 0 Å². The number of nitrogens with one attached hydrogen (secondary N) is 1. The molecule has 0 unspecified atom stereocenters. The normalized spacial score (nSPS) is 19.1. The zero-order valence-electron chi connectivity index (χ0n) is 19.4. The average Bonchev–Trinajstić information content (AvgIpc) is 3.09. The number of aromatic amines is 1. The second-order valence-electron chi connectivity index (χ2n) is 9.31. The van der Waals surface area contributed by atoms with E-state index in [0.717, 1.165) is 23.8 Å². The van der Waals surface area contributed by atoms with E-state index < -0.39 is 35.1 Å². The van der Waals surface area contributed by atoms with Gasteiger partial charge in [-0.05, 0) is 74.7 Å². The number of alkyl halides is 1. The quantitative estimate of drug-likeness (QED) is 0.286. The molecule has 8 heteroatoms. The number of ether oxygens (including phenoxy) is 1. The Balaban J connectivity index is 1.90. The van der Waals surface area contributed by atoms with E-state index in [1.165, 1.54) is 39.2 Å². The zero-order valence-corrected chi connectivity index (χ0v) is 19.4. The minimum absolute atomic E-state index is 0.0646. The van der Waals surface area contributed by atoms with E-state index in [0.29, 0.717) is 23.0 Å². The van der Waals surface area contributed by atoms with Gasteiger partial charge in [-0.2, -0.15) is 0 Å². The number of benzene rings is 2. The predicted octanol–water partition coefficient (Wildman–Crippen LogP) is 5.86. The highest BCUT2D eigenvalue weighted by Crippen LogP contribution is 2.43. The second kappa shape index (κ2) is 8.91. The molecule has 34 heavy (non-hydrogen) atoms. The van der Waals surface area contributed by atoms with Crippen LogP contribution in [0.2, 0.25) is 0 Å². The maximum absolute atomic E-state index is 15.5. The highest BCUT2D eigenvalue weighted by molar-refractivity contribution is 5.87. The molecule has 0 radical (unpaired) electrons. The van der Waals surface area contributed by atoms with Crippen molar-refractivity contribution in [1.29, 1.82) is 0 Å². The lowest BCUT2D eigenvalue weighted by atomic mass is 9.87. The van der Waals surface area contributed by atoms with E-state index in [9.17, 15) is 13.6 Å². The SMILES string of the molecule is COC(=O)/C=C/c1cc(F)c([C@@H]2c3[nH]c4ccc(F)cc4c3C[C@@H](C)N2CC(C)(C)F)c(F)c1. The first-order chi connectivity index (χ1) is 16.0. The van der Waals surface area contributed by atoms with Gasteiger partial charge in [0.25, 0.3) is 0 Å². The summed E-state index contributed by atoms with van der Waals surface area (Å²) in [4.78, 5) is 16.3. The molecule has 0 saturated heterocycles. The molecule has 2 heterocycles. The summed E-state index contributed by atoms with van der Waals surface area (Å²) in [6.07, 6.45) is 2.79. The van der Waals surface area contributed by atoms with E-state index in [1.54, 1.807) is 11.0 Å². The third-order valence-electron chi connectivity index (χ3n) is 6.12. The van der Waals surface area contributed by atoms with Crippen molar-refractivity contribution in [1.82, 2.24) is 9.88 Å². The average molecular weight is 474 g/mol. The van der Waals surface area contributed by atoms with Crippen LogP contribution >= 0.6 is 0 Å². The number of carbonyl (C=O) groups excluding carboxylic acids is 1. The number of hydrogen-bond donors (Lipinski definition) is 1. The van der Waals surface area contributed by atoms with Crippen LogP contribution < -0.4 is 0 Å². The van der Waals surface area contributed by atoms with Crippen LogP contribution in [0.1, 0.15) is 49.2 Å². The number of esters is 1. The molecule has 4 rings (SSSR count). The number of halogens is 4. The Morgan fingerprint density at radius 3 is 2.50 bits per heavy atom. The van der Waals surface area contributed by atoms with E-state index in [2.05, 4.69) is 9.72 Å². The molecule has 0 spiro atoms. The summed E-state index contributed by atoms with van der Waals surface area (Å²) in [5, 5.41) is 0.643. The molecule has 2 aromatic carbocycles. The van der Waals surface area contributed by atoms with Gasteiger partial charge in [0.1, 0.15) is 23.1 Å². The largest absolute Gasteiger partial charge is 0.466 e. The van der Waals surface area contributed by atoms with Gasteiger partial charge < -0.3 is 9.72 Å². The standard InChI is InChI=1S/C26H26F4N2O2/c1-14-9-18-17-12-16(27)6-7-21(17)31-24(18)25(32(14)13-26(2,3)30)23-19(28)10-15(11-20(23)29)5-8-22(33)34-4/h5-8,10-12,14,25,31H,9,13H2,1-4H3/b8-5+/t14-,25-/m1/s1. The van der Waals surface area contributed by atoms with Gasteiger partial charge in [-0.3, -0.25) is 4.90 Å². The fourth-order valence-corrected chi connectivity index (χ4v) is 4.71. The Hall–Kier alpha value is -3.13. The summed E-state index contributed by atoms with van der Waals surface area (Å²) >= 11 is 0. The smallest absolute Gasteiger partial charge is 0.330 e. The molecule has 0 fully saturated rings. The van der Waals surface area contributed by atoms with Crippen LogP contribution in [-0.2, 0) is 16.0 Å². The van der Waals surface area contributed by atoms with Crippen molar-refractivity contribution in [2.75, 3.05) is 13.7 Å². The third-order valence-corrected chi connectivity index (χ3v) is 6.12. The van der Waals surface area contributed by atoms with Gasteiger partial charge in [0.2, 0.25) is 0 Å². The van der Waals surface area contributed by atoms with Crippen molar-refractivity contribution in [3.63, 3.8) is 0 Å². The summed E-state index contributed by atoms with van der Waals surface area (Å²) in [7, 11) is 1.20. The molecular formula is C26H26F4N2O2. The number of methoxy groups -OCH3 is 1. The molecule has 1 aromatic heterocycles. The molecule has 1 N–H and O–H groups in total. The van der Waals surface area contributed by atoms with Crippen LogP contribution in [0.5, 0.6) is 0 Å². The Morgan fingerprint density at radius 1 is 1.21 bits per heavy atom. The van der Waals surface area contributed by atoms with Crippen LogP contribution in [0, 0.1) is 17.5 Å². The van der Waals surface area contributed by atoms with Gasteiger partial charge in [0.05, 0.1) is 13.2 Å². The first kappa shape index (κ1) is 24.0. The number of carbonyl (C=O) groups is 1. The molecule has 0 amide bonds. The van der Waals surface area contributed by atoms with Gasteiger partial charge in [0.15, 0.2) is 0 Å². The molecule has 3 aromatic rings. The van der Waals surface area contributed by atoms with Crippen molar-refractivity contribution in [3.05, 3.63) is 76.2 Å². The highest BCUT2D eigenvalue weighted by Gasteiger charge is 2.41. The lowest BCUT2D eigenvalue weighted by Gasteiger charge is -2.43. The molecule has 1 aliphatic heterocycles. The maximum Gasteiger partial charge on any atom is 0.330 e. The van der Waals surface area contributed by atoms with Crippen LogP contribution in [0.3, 0.4) is 0 Å². The molecule has 4 nitrogen and oxygen atoms in total. The van der Waals surface area contributed by atoms with Crippen LogP contribution in [0.4, 0.5) is 17.6 Å². The number of hydrogen-bond acceptors (Lipinski definition) is 3. The molecule has 0 saturated carbocycles. The fourth-order valence-electron chi connectivity index (χ4n) is 4.71. The topological polar surface area (TPSA) is 45.3 Å². The lowest BCUT2D eigenvalue weighted by molar-refractivity contribution is -0.134. The number of aromatic nitrogens is 1. The number of fused-ring (bicyclic) bond motifs is 3. The molecular weight excluding hydrogens is 448 g/mol. The maximum atomic E-state index is 15.5. The van der Waals surface area contributed by atoms with E-state index in [-0.39, 0.29) is 23.7 Å². The first-order valence-corrected chi connectivity index (χ1v) is 11.0. The minimum atomic E-state index is -1.63. The first-order valence-electron chi connectivity index (χ1n) is 11.0. The van der Waals surface area contributed by atoms with Gasteiger partial charge in [-0.1, -0.05) is 0 Å². The fraction of sp³-hybridized carbons (Fsp3) is 0.346. The van der Waals surface area contributed by atoms with Crippen molar-refractivity contribution in [2.24, 2.45) is 0 Å².